The van der Waals surface area contributed by atoms with Gasteiger partial charge >= 0.3 is 0 Å². The largest absolute Gasteiger partial charge is 0.508 e. The van der Waals surface area contributed by atoms with Crippen LogP contribution in [0.5, 0.6) is 5.75 Å². The summed E-state index contributed by atoms with van der Waals surface area (Å²) in [5.41, 5.74) is 0.361. The summed E-state index contributed by atoms with van der Waals surface area (Å²) in [5.74, 6) is -8.79. The number of hydrogen-bond donors (Lipinski definition) is 14. The van der Waals surface area contributed by atoms with Crippen LogP contribution in [0, 0.1) is 5.92 Å². The first-order chi connectivity index (χ1) is 36.0. The van der Waals surface area contributed by atoms with Crippen LogP contribution in [0.25, 0.3) is 0 Å². The maximum absolute atomic E-state index is 14.3. The van der Waals surface area contributed by atoms with Crippen LogP contribution in [0.2, 0.25) is 0 Å². The van der Waals surface area contributed by atoms with E-state index in [0.29, 0.717) is 18.4 Å². The highest BCUT2D eigenvalue weighted by Crippen LogP contribution is 2.27. The Bertz CT molecular complexity index is 2130. The molecular formula is C53H83N7O16. The van der Waals surface area contributed by atoms with Crippen molar-refractivity contribution in [2.75, 3.05) is 13.1 Å². The molecule has 0 aromatic heterocycles. The number of nitrogens with zero attached hydrogens (tertiary/aromatic N) is 2. The highest BCUT2D eigenvalue weighted by molar-refractivity contribution is 5.98. The van der Waals surface area contributed by atoms with Gasteiger partial charge in [-0.2, -0.15) is 0 Å². The Morgan fingerprint density at radius 2 is 1.25 bits per heavy atom. The molecule has 14 N–H and O–H groups in total. The number of benzene rings is 1. The van der Waals surface area contributed by atoms with Crippen molar-refractivity contribution in [3.05, 3.63) is 54.1 Å². The van der Waals surface area contributed by atoms with Crippen molar-refractivity contribution < 1.29 is 79.5 Å². The average Bonchev–Trinajstić information content (AvgIpc) is 3.92. The summed E-state index contributed by atoms with van der Waals surface area (Å²) in [6.07, 6.45) is 2.40. The quantitative estimate of drug-likeness (QED) is 0.0494. The fourth-order valence-electron chi connectivity index (χ4n) is 9.55. The summed E-state index contributed by atoms with van der Waals surface area (Å²) in [5, 5.41) is 111. The summed E-state index contributed by atoms with van der Waals surface area (Å²) in [6.45, 7) is 5.00. The lowest BCUT2D eigenvalue weighted by atomic mass is 9.97. The number of hydrogen-bond acceptors (Lipinski definition) is 16. The molecule has 426 valence electrons. The van der Waals surface area contributed by atoms with Gasteiger partial charge in [0.15, 0.2) is 6.23 Å². The van der Waals surface area contributed by atoms with Crippen LogP contribution in [0.15, 0.2) is 48.6 Å². The van der Waals surface area contributed by atoms with Gasteiger partial charge < -0.3 is 82.3 Å². The van der Waals surface area contributed by atoms with Gasteiger partial charge in [-0.25, -0.2) is 0 Å². The van der Waals surface area contributed by atoms with Crippen LogP contribution in [0.3, 0.4) is 0 Å². The molecule has 1 aromatic carbocycles. The topological polar surface area (TPSA) is 368 Å². The number of phenolic OH excluding ortho intramolecular Hbond substituents is 1. The maximum atomic E-state index is 14.3. The van der Waals surface area contributed by atoms with E-state index in [2.05, 4.69) is 57.8 Å². The van der Waals surface area contributed by atoms with Crippen molar-refractivity contribution >= 4 is 41.4 Å². The van der Waals surface area contributed by atoms with E-state index >= 15 is 0 Å². The van der Waals surface area contributed by atoms with Crippen molar-refractivity contribution in [1.82, 2.24) is 36.4 Å². The molecule has 0 spiro atoms. The Labute approximate surface area is 444 Å². The van der Waals surface area contributed by atoms with E-state index < -0.39 is 152 Å². The summed E-state index contributed by atoms with van der Waals surface area (Å²) in [6, 6.07) is -5.84. The van der Waals surface area contributed by atoms with Crippen LogP contribution in [0.4, 0.5) is 0 Å². The van der Waals surface area contributed by atoms with Crippen molar-refractivity contribution in [2.45, 2.75) is 209 Å². The Morgan fingerprint density at radius 1 is 0.684 bits per heavy atom. The second-order valence-electron chi connectivity index (χ2n) is 20.5. The molecule has 23 nitrogen and oxygen atoms in total. The lowest BCUT2D eigenvalue weighted by Gasteiger charge is -2.34. The summed E-state index contributed by atoms with van der Waals surface area (Å²) >= 11 is 0. The van der Waals surface area contributed by atoms with E-state index in [1.54, 1.807) is 0 Å². The second-order valence-corrected chi connectivity index (χ2v) is 20.5. The van der Waals surface area contributed by atoms with Crippen LogP contribution in [-0.2, 0) is 40.0 Å². The summed E-state index contributed by atoms with van der Waals surface area (Å²) in [4.78, 5) is 100. The molecule has 76 heavy (non-hydrogen) atoms. The van der Waals surface area contributed by atoms with Crippen LogP contribution < -0.4 is 26.6 Å². The smallest absolute Gasteiger partial charge is 0.248 e. The van der Waals surface area contributed by atoms with E-state index in [0.717, 1.165) is 62.2 Å². The zero-order chi connectivity index (χ0) is 56.2. The number of aromatic hydroxyl groups is 1. The van der Waals surface area contributed by atoms with E-state index in [1.165, 1.54) is 50.5 Å². The standard InChI is InChI=1S/C53H83N7O16/c1-5-6-7-8-9-10-11-12-13-14-15-16-17-18-19-20-40(67)54-36-27-39(66)49(72)58-51(74)44-45(68)30(2)28-60(44)53(76)42(32(4)62)56-50(73)43(46(69)38(65)25-33-21-23-34(63)24-22-33)57-48(71)37-26-35(64)29-59(37)52(75)41(31(3)61)55-47(36)70/h9-10,12-13,21-24,30-32,35-39,41-46,49,61-66,68-69,72H,5-8,11,14-20,25-29H2,1-4H3,(H,54,67)(H,55,70)(H,56,73)(H,57,71)(H,58,74)/b10-9+,13-12+/t30-,31+,32+,35+,36-,37-,38-,39+,41-,42-,43-,44-,45-,46+,49+/m0/s1. The Balaban J connectivity index is 1.62. The predicted octanol–water partition coefficient (Wildman–Crippen LogP) is -1.46. The molecule has 0 unspecified atom stereocenters. The van der Waals surface area contributed by atoms with Crippen molar-refractivity contribution in [2.24, 2.45) is 5.92 Å². The second kappa shape index (κ2) is 31.0. The first-order valence-corrected chi connectivity index (χ1v) is 26.7. The van der Waals surface area contributed by atoms with E-state index in [-0.39, 0.29) is 25.1 Å². The van der Waals surface area contributed by atoms with Gasteiger partial charge in [0.05, 0.1) is 30.5 Å². The number of amides is 7. The zero-order valence-electron chi connectivity index (χ0n) is 44.1. The fourth-order valence-corrected chi connectivity index (χ4v) is 9.55. The average molecular weight is 1070 g/mol. The van der Waals surface area contributed by atoms with Crippen LogP contribution in [0.1, 0.15) is 123 Å². The molecule has 0 saturated carbocycles. The van der Waals surface area contributed by atoms with Gasteiger partial charge in [0.25, 0.3) is 0 Å². The first-order valence-electron chi connectivity index (χ1n) is 26.7. The molecule has 1 aromatic rings. The molecule has 0 radical (unpaired) electrons. The molecule has 3 saturated heterocycles. The number of allylic oxidation sites excluding steroid dienone is 4. The predicted molar refractivity (Wildman–Crippen MR) is 276 cm³/mol. The number of aliphatic hydroxyl groups is 8. The molecule has 3 heterocycles. The molecule has 0 aliphatic carbocycles. The lowest BCUT2D eigenvalue weighted by Crippen LogP contribution is -2.65. The van der Waals surface area contributed by atoms with Crippen LogP contribution >= 0.6 is 0 Å². The third-order valence-electron chi connectivity index (χ3n) is 14.1. The molecule has 23 heteroatoms. The third kappa shape index (κ3) is 18.6. The number of unbranched alkanes of at least 4 members (excludes halogenated alkanes) is 8. The number of rotatable bonds is 21. The highest BCUT2D eigenvalue weighted by Gasteiger charge is 2.50. The van der Waals surface area contributed by atoms with Gasteiger partial charge in [-0.15, -0.1) is 0 Å². The Kier molecular flexibility index (Phi) is 25.7. The van der Waals surface area contributed by atoms with Gasteiger partial charge in [0, 0.05) is 44.7 Å². The molecule has 0 bridgehead atoms. The van der Waals surface area contributed by atoms with E-state index in [9.17, 15) is 79.5 Å². The molecule has 15 atom stereocenters. The number of phenols is 1. The normalized spacial score (nSPS) is 29.2. The monoisotopic (exact) mass is 1070 g/mol. The Hall–Kier alpha value is -5.53. The zero-order valence-corrected chi connectivity index (χ0v) is 44.1. The fraction of sp³-hybridized carbons (Fsp3) is 0.679. The summed E-state index contributed by atoms with van der Waals surface area (Å²) < 4.78 is 0. The van der Waals surface area contributed by atoms with Gasteiger partial charge in [0.2, 0.25) is 41.4 Å². The maximum Gasteiger partial charge on any atom is 0.248 e. The minimum atomic E-state index is -2.23. The molecule has 3 aliphatic heterocycles. The van der Waals surface area contributed by atoms with Crippen molar-refractivity contribution in [3.8, 4) is 5.75 Å². The molecule has 7 amide bonds. The minimum Gasteiger partial charge on any atom is -0.508 e. The minimum absolute atomic E-state index is 0.0686. The van der Waals surface area contributed by atoms with Crippen molar-refractivity contribution in [3.63, 3.8) is 0 Å². The number of nitrogens with one attached hydrogen (secondary N) is 5. The van der Waals surface area contributed by atoms with Gasteiger partial charge in [-0.1, -0.05) is 82.4 Å². The molecule has 3 fully saturated rings. The number of carbonyl (C=O) groups is 7. The van der Waals surface area contributed by atoms with Crippen LogP contribution in [-0.4, -0.2) is 195 Å². The number of aliphatic hydroxyl groups excluding tert-OH is 8. The van der Waals surface area contributed by atoms with Gasteiger partial charge in [-0.05, 0) is 70.1 Å². The molecule has 4 rings (SSSR count). The molecular weight excluding hydrogens is 991 g/mol. The van der Waals surface area contributed by atoms with E-state index in [1.807, 2.05) is 0 Å². The van der Waals surface area contributed by atoms with E-state index in [4.69, 9.17) is 0 Å². The number of carbonyl (C=O) groups excluding carboxylic acids is 7. The SMILES string of the molecule is CCCCC/C=C/C/C=C/CCCCCCCC(=O)N[C@H]1C[C@@H](O)[C@@H](O)NC(=O)[C@@H]2[C@@H](O)[C@@H](C)CN2C(=O)[C@H]([C@@H](C)O)NC(=O)[C@H]([C@H](O)[C@@H](O)Cc2ccc(O)cc2)NC(=O)[C@@H]2C[C@@H](O)CN2C(=O)[C@H]([C@@H](C)O)NC1=O. The third-order valence-corrected chi connectivity index (χ3v) is 14.1. The summed E-state index contributed by atoms with van der Waals surface area (Å²) in [7, 11) is 0. The van der Waals surface area contributed by atoms with Gasteiger partial charge in [-0.3, -0.25) is 33.6 Å². The molecule has 3 aliphatic rings. The van der Waals surface area contributed by atoms with Gasteiger partial charge in [0.1, 0.15) is 54.2 Å². The highest BCUT2D eigenvalue weighted by atomic mass is 16.3. The Morgan fingerprint density at radius 3 is 1.87 bits per heavy atom. The van der Waals surface area contributed by atoms with Crippen molar-refractivity contribution in [1.29, 1.82) is 0 Å². The number of fused-ring (bicyclic) bond motifs is 2. The lowest BCUT2D eigenvalue weighted by molar-refractivity contribution is -0.148. The first kappa shape index (κ1) is 63.0.